The largest absolute Gasteiger partial charge is 0.432 e. The second kappa shape index (κ2) is 10.3. The van der Waals surface area contributed by atoms with Gasteiger partial charge in [0.1, 0.15) is 22.9 Å². The van der Waals surface area contributed by atoms with Crippen molar-refractivity contribution in [1.82, 2.24) is 0 Å². The molecule has 1 nitrogen and oxygen atoms in total. The molecule has 38 heavy (non-hydrogen) atoms. The van der Waals surface area contributed by atoms with Crippen molar-refractivity contribution in [3.05, 3.63) is 88.7 Å². The average molecular weight is 537 g/mol. The molecule has 2 aliphatic carbocycles. The smallest absolute Gasteiger partial charge is 0.429 e. The van der Waals surface area contributed by atoms with Crippen molar-refractivity contribution < 1.29 is 35.5 Å². The molecule has 8 heteroatoms. The van der Waals surface area contributed by atoms with Gasteiger partial charge >= 0.3 is 6.11 Å². The van der Waals surface area contributed by atoms with Gasteiger partial charge in [-0.3, -0.25) is 0 Å². The van der Waals surface area contributed by atoms with Crippen LogP contribution < -0.4 is 4.74 Å². The van der Waals surface area contributed by atoms with Crippen LogP contribution in [0.1, 0.15) is 62.5 Å². The van der Waals surface area contributed by atoms with E-state index in [2.05, 4.69) is 11.7 Å². The third-order valence-electron chi connectivity index (χ3n) is 8.06. The maximum atomic E-state index is 14.8. The number of halogens is 7. The molecule has 0 radical (unpaired) electrons. The van der Waals surface area contributed by atoms with Crippen LogP contribution in [0.4, 0.5) is 30.7 Å². The lowest BCUT2D eigenvalue weighted by atomic mass is 9.90. The van der Waals surface area contributed by atoms with Gasteiger partial charge in [-0.15, -0.1) is 0 Å². The first kappa shape index (κ1) is 26.6. The summed E-state index contributed by atoms with van der Waals surface area (Å²) in [6, 6.07) is 9.12. The minimum Gasteiger partial charge on any atom is -0.429 e. The fourth-order valence-corrected chi connectivity index (χ4v) is 6.41. The summed E-state index contributed by atoms with van der Waals surface area (Å²) in [6.45, 7) is 2.22. The molecular weight excluding hydrogens is 509 g/mol. The maximum absolute atomic E-state index is 14.8. The molecule has 202 valence electrons. The fraction of sp³-hybridized carbons (Fsp3) is 0.400. The second-order valence-corrected chi connectivity index (χ2v) is 10.6. The van der Waals surface area contributed by atoms with Crippen LogP contribution in [-0.4, -0.2) is 0 Å². The molecule has 2 aliphatic rings. The van der Waals surface area contributed by atoms with Gasteiger partial charge in [0, 0.05) is 12.1 Å². The van der Waals surface area contributed by atoms with Crippen molar-refractivity contribution in [2.24, 2.45) is 17.8 Å². The van der Waals surface area contributed by atoms with Crippen LogP contribution in [0.15, 0.2) is 48.5 Å². The summed E-state index contributed by atoms with van der Waals surface area (Å²) < 4.78 is 103. The number of alkyl halides is 2. The Bertz CT molecular complexity index is 1260. The van der Waals surface area contributed by atoms with E-state index in [0.29, 0.717) is 11.5 Å². The van der Waals surface area contributed by atoms with Crippen molar-refractivity contribution in [3.8, 4) is 16.9 Å². The first-order valence-electron chi connectivity index (χ1n) is 12.9. The summed E-state index contributed by atoms with van der Waals surface area (Å²) >= 11 is 0. The Morgan fingerprint density at radius 1 is 0.737 bits per heavy atom. The highest BCUT2D eigenvalue weighted by Crippen LogP contribution is 2.53. The monoisotopic (exact) mass is 536 g/mol. The summed E-state index contributed by atoms with van der Waals surface area (Å²) in [4.78, 5) is 0. The van der Waals surface area contributed by atoms with E-state index in [9.17, 15) is 30.7 Å². The Morgan fingerprint density at radius 2 is 1.29 bits per heavy atom. The van der Waals surface area contributed by atoms with E-state index in [1.807, 2.05) is 12.1 Å². The summed E-state index contributed by atoms with van der Waals surface area (Å²) in [6.07, 6.45) is 2.74. The van der Waals surface area contributed by atoms with Crippen molar-refractivity contribution >= 4 is 0 Å². The van der Waals surface area contributed by atoms with Gasteiger partial charge in [0.2, 0.25) is 0 Å². The van der Waals surface area contributed by atoms with Gasteiger partial charge in [-0.1, -0.05) is 44.0 Å². The zero-order chi connectivity index (χ0) is 27.2. The molecule has 2 fully saturated rings. The van der Waals surface area contributed by atoms with Crippen molar-refractivity contribution in [1.29, 1.82) is 0 Å². The van der Waals surface area contributed by atoms with Gasteiger partial charge in [0.05, 0.1) is 0 Å². The quantitative estimate of drug-likeness (QED) is 0.216. The zero-order valence-electron chi connectivity index (χ0n) is 20.7. The van der Waals surface area contributed by atoms with E-state index in [1.54, 1.807) is 12.1 Å². The third kappa shape index (κ3) is 5.14. The Hall–Kier alpha value is -3.03. The number of benzene rings is 3. The topological polar surface area (TPSA) is 9.23 Å². The van der Waals surface area contributed by atoms with E-state index in [-0.39, 0.29) is 17.7 Å². The van der Waals surface area contributed by atoms with Gasteiger partial charge in [0.25, 0.3) is 0 Å². The fourth-order valence-electron chi connectivity index (χ4n) is 6.41. The zero-order valence-corrected chi connectivity index (χ0v) is 20.7. The van der Waals surface area contributed by atoms with E-state index in [4.69, 9.17) is 0 Å². The predicted molar refractivity (Wildman–Crippen MR) is 129 cm³/mol. The van der Waals surface area contributed by atoms with Crippen molar-refractivity contribution in [2.45, 2.75) is 57.5 Å². The highest BCUT2D eigenvalue weighted by atomic mass is 19.3. The second-order valence-electron chi connectivity index (χ2n) is 10.6. The molecule has 0 spiro atoms. The molecular formula is C30H27F7O. The third-order valence-corrected chi connectivity index (χ3v) is 8.06. The molecule has 0 heterocycles. The van der Waals surface area contributed by atoms with Crippen LogP contribution in [0.3, 0.4) is 0 Å². The number of hydrogen-bond acceptors (Lipinski definition) is 1. The maximum Gasteiger partial charge on any atom is 0.432 e. The lowest BCUT2D eigenvalue weighted by Gasteiger charge is -2.20. The van der Waals surface area contributed by atoms with Crippen molar-refractivity contribution in [2.75, 3.05) is 0 Å². The molecule has 0 aromatic heterocycles. The van der Waals surface area contributed by atoms with Gasteiger partial charge in [-0.2, -0.15) is 8.78 Å². The van der Waals surface area contributed by atoms with E-state index in [0.717, 1.165) is 48.3 Å². The highest BCUT2D eigenvalue weighted by molar-refractivity contribution is 5.64. The summed E-state index contributed by atoms with van der Waals surface area (Å²) in [7, 11) is 0. The average Bonchev–Trinajstić information content (AvgIpc) is 3.41. The number of ether oxygens (including phenoxy) is 1. The van der Waals surface area contributed by atoms with Crippen LogP contribution in [0, 0.1) is 46.8 Å². The van der Waals surface area contributed by atoms with Crippen LogP contribution in [0.2, 0.25) is 0 Å². The van der Waals surface area contributed by atoms with Crippen LogP contribution in [0.5, 0.6) is 5.75 Å². The number of hydrogen-bond donors (Lipinski definition) is 0. The number of rotatable bonds is 7. The molecule has 0 N–H and O–H groups in total. The van der Waals surface area contributed by atoms with Gasteiger partial charge in [-0.05, 0) is 78.2 Å². The van der Waals surface area contributed by atoms with Crippen LogP contribution >= 0.6 is 0 Å². The predicted octanol–water partition coefficient (Wildman–Crippen LogP) is 9.50. The molecule has 3 aromatic carbocycles. The SMILES string of the molecule is CCCC1CC2CC(c3ccc(-c4cc(F)c(C(F)(F)Oc5cc(F)c(F)c(F)c5)c(F)c4)cc3)CC2C1. The Labute approximate surface area is 216 Å². The van der Waals surface area contributed by atoms with Crippen molar-refractivity contribution in [3.63, 3.8) is 0 Å². The normalized spacial score (nSPS) is 23.1. The number of fused-ring (bicyclic) bond motifs is 1. The molecule has 2 saturated carbocycles. The first-order chi connectivity index (χ1) is 18.1. The molecule has 0 saturated heterocycles. The molecule has 0 aliphatic heterocycles. The molecule has 0 amide bonds. The Morgan fingerprint density at radius 3 is 1.82 bits per heavy atom. The lowest BCUT2D eigenvalue weighted by molar-refractivity contribution is -0.189. The Kier molecular flexibility index (Phi) is 7.18. The molecule has 3 aromatic rings. The van der Waals surface area contributed by atoms with E-state index >= 15 is 0 Å². The first-order valence-corrected chi connectivity index (χ1v) is 12.9. The molecule has 0 bridgehead atoms. The van der Waals surface area contributed by atoms with Gasteiger partial charge in [0.15, 0.2) is 17.5 Å². The molecule has 2 atom stereocenters. The summed E-state index contributed by atoms with van der Waals surface area (Å²) in [5, 5.41) is 0. The minimum absolute atomic E-state index is 0.0515. The van der Waals surface area contributed by atoms with Gasteiger partial charge < -0.3 is 4.74 Å². The molecule has 5 rings (SSSR count). The summed E-state index contributed by atoms with van der Waals surface area (Å²) in [5.74, 6) is -6.99. The van der Waals surface area contributed by atoms with Crippen LogP contribution in [0.25, 0.3) is 11.1 Å². The summed E-state index contributed by atoms with van der Waals surface area (Å²) in [5.41, 5.74) is -0.0600. The highest BCUT2D eigenvalue weighted by Gasteiger charge is 2.42. The van der Waals surface area contributed by atoms with E-state index < -0.39 is 46.5 Å². The van der Waals surface area contributed by atoms with E-state index in [1.165, 1.54) is 25.7 Å². The lowest BCUT2D eigenvalue weighted by Crippen LogP contribution is -2.25. The Balaban J connectivity index is 1.31. The van der Waals surface area contributed by atoms with Gasteiger partial charge in [-0.25, -0.2) is 22.0 Å². The minimum atomic E-state index is -4.62. The molecule has 2 unspecified atom stereocenters. The van der Waals surface area contributed by atoms with Crippen LogP contribution in [-0.2, 0) is 6.11 Å². The standard InChI is InChI=1S/C30H27F7O/c1-2-3-16-8-19-10-21(11-20(19)9-16)17-4-6-18(7-5-17)22-12-24(31)28(25(32)13-22)30(36,37)38-23-14-26(33)29(35)27(34)15-23/h4-7,12-16,19-21H,2-3,8-11H2,1H3.